The molecule has 3 N–H and O–H groups in total. The quantitative estimate of drug-likeness (QED) is 0.688. The lowest BCUT2D eigenvalue weighted by Gasteiger charge is -2.07. The number of nitriles is 2. The fourth-order valence-corrected chi connectivity index (χ4v) is 1.95. The van der Waals surface area contributed by atoms with Crippen LogP contribution in [-0.2, 0) is 0 Å². The smallest absolute Gasteiger partial charge is 0.160 e. The Labute approximate surface area is 119 Å². The lowest BCUT2D eigenvalue weighted by molar-refractivity contribution is 0.316. The van der Waals surface area contributed by atoms with Gasteiger partial charge in [-0.2, -0.15) is 10.5 Å². The van der Waals surface area contributed by atoms with Crippen LogP contribution in [0.1, 0.15) is 11.1 Å². The highest BCUT2D eigenvalue weighted by Gasteiger charge is 2.11. The summed E-state index contributed by atoms with van der Waals surface area (Å²) >= 11 is 0. The standard InChI is InChI=1S/C14H8N6O/c15-6-8-1-2-10(5-9(8)7-16)18-12-4-3-11(17)13-14(12)20-21-19-13/h1-5,18H,17H2. The molecular formula is C14H8N6O. The number of nitrogens with two attached hydrogens (primary N) is 1. The zero-order chi connectivity index (χ0) is 14.8. The first-order valence-electron chi connectivity index (χ1n) is 5.95. The third-order valence-corrected chi connectivity index (χ3v) is 2.99. The highest BCUT2D eigenvalue weighted by molar-refractivity contribution is 5.96. The van der Waals surface area contributed by atoms with Gasteiger partial charge in [0.25, 0.3) is 0 Å². The molecule has 0 atom stereocenters. The van der Waals surface area contributed by atoms with Crippen LogP contribution in [0.25, 0.3) is 11.0 Å². The zero-order valence-electron chi connectivity index (χ0n) is 10.7. The summed E-state index contributed by atoms with van der Waals surface area (Å²) in [4.78, 5) is 0. The van der Waals surface area contributed by atoms with Gasteiger partial charge in [-0.25, -0.2) is 4.63 Å². The van der Waals surface area contributed by atoms with Crippen LogP contribution in [0.3, 0.4) is 0 Å². The number of fused-ring (bicyclic) bond motifs is 1. The molecule has 3 aromatic rings. The van der Waals surface area contributed by atoms with Crippen molar-refractivity contribution in [3.63, 3.8) is 0 Å². The summed E-state index contributed by atoms with van der Waals surface area (Å²) in [6, 6.07) is 12.3. The largest absolute Gasteiger partial charge is 0.397 e. The van der Waals surface area contributed by atoms with Crippen LogP contribution in [-0.4, -0.2) is 10.3 Å². The number of hydrogen-bond acceptors (Lipinski definition) is 7. The number of aromatic nitrogens is 2. The van der Waals surface area contributed by atoms with Gasteiger partial charge in [0.05, 0.1) is 22.5 Å². The van der Waals surface area contributed by atoms with Crippen molar-refractivity contribution in [3.05, 3.63) is 41.5 Å². The van der Waals surface area contributed by atoms with Crippen LogP contribution in [0.15, 0.2) is 35.0 Å². The van der Waals surface area contributed by atoms with Crippen LogP contribution in [0.5, 0.6) is 0 Å². The maximum atomic E-state index is 9.03. The van der Waals surface area contributed by atoms with Crippen molar-refractivity contribution in [1.29, 1.82) is 10.5 Å². The normalized spacial score (nSPS) is 10.0. The van der Waals surface area contributed by atoms with E-state index in [4.69, 9.17) is 20.9 Å². The molecule has 1 heterocycles. The third kappa shape index (κ3) is 2.09. The Morgan fingerprint density at radius 1 is 1.00 bits per heavy atom. The average Bonchev–Trinajstić information content (AvgIpc) is 3.00. The van der Waals surface area contributed by atoms with Crippen LogP contribution >= 0.6 is 0 Å². The number of rotatable bonds is 2. The van der Waals surface area contributed by atoms with E-state index in [0.29, 0.717) is 39.2 Å². The molecular weight excluding hydrogens is 268 g/mol. The Kier molecular flexibility index (Phi) is 2.87. The molecule has 0 amide bonds. The minimum atomic E-state index is 0.299. The van der Waals surface area contributed by atoms with Crippen LogP contribution in [0, 0.1) is 22.7 Å². The van der Waals surface area contributed by atoms with Gasteiger partial charge in [0.15, 0.2) is 11.0 Å². The van der Waals surface area contributed by atoms with Crippen molar-refractivity contribution in [2.45, 2.75) is 0 Å². The summed E-state index contributed by atoms with van der Waals surface area (Å²) in [5, 5.41) is 28.6. The number of benzene rings is 2. The van der Waals surface area contributed by atoms with E-state index in [0.717, 1.165) is 0 Å². The Bertz CT molecular complexity index is 915. The second-order valence-electron chi connectivity index (χ2n) is 4.27. The summed E-state index contributed by atoms with van der Waals surface area (Å²) in [6.07, 6.45) is 0. The monoisotopic (exact) mass is 276 g/mol. The van der Waals surface area contributed by atoms with Gasteiger partial charge in [-0.15, -0.1) is 0 Å². The highest BCUT2D eigenvalue weighted by atomic mass is 16.6. The maximum Gasteiger partial charge on any atom is 0.160 e. The van der Waals surface area contributed by atoms with E-state index in [1.165, 1.54) is 0 Å². The fourth-order valence-electron chi connectivity index (χ4n) is 1.95. The second kappa shape index (κ2) is 4.83. The van der Waals surface area contributed by atoms with Crippen molar-refractivity contribution in [1.82, 2.24) is 10.3 Å². The molecule has 2 aromatic carbocycles. The minimum Gasteiger partial charge on any atom is -0.397 e. The molecule has 0 saturated heterocycles. The molecule has 100 valence electrons. The maximum absolute atomic E-state index is 9.03. The van der Waals surface area contributed by atoms with Crippen LogP contribution in [0.4, 0.5) is 17.1 Å². The number of nitrogen functional groups attached to an aromatic ring is 1. The number of hydrogen-bond donors (Lipinski definition) is 2. The van der Waals surface area contributed by atoms with Gasteiger partial charge in [-0.05, 0) is 40.6 Å². The van der Waals surface area contributed by atoms with Crippen LogP contribution < -0.4 is 11.1 Å². The van der Waals surface area contributed by atoms with E-state index < -0.39 is 0 Å². The zero-order valence-corrected chi connectivity index (χ0v) is 10.7. The summed E-state index contributed by atoms with van der Waals surface area (Å²) in [6.45, 7) is 0. The molecule has 21 heavy (non-hydrogen) atoms. The number of anilines is 3. The Morgan fingerprint density at radius 2 is 1.76 bits per heavy atom. The molecule has 0 aliphatic rings. The van der Waals surface area contributed by atoms with Gasteiger partial charge in [0.1, 0.15) is 12.1 Å². The molecule has 7 heteroatoms. The van der Waals surface area contributed by atoms with Gasteiger partial charge in [-0.1, -0.05) is 0 Å². The van der Waals surface area contributed by atoms with Gasteiger partial charge in [0, 0.05) is 5.69 Å². The molecule has 0 fully saturated rings. The summed E-state index contributed by atoms with van der Waals surface area (Å²) in [5.41, 5.74) is 9.13. The first-order valence-corrected chi connectivity index (χ1v) is 5.95. The van der Waals surface area contributed by atoms with E-state index in [9.17, 15) is 0 Å². The number of nitrogens with zero attached hydrogens (tertiary/aromatic N) is 4. The number of nitrogens with one attached hydrogen (secondary N) is 1. The lowest BCUT2D eigenvalue weighted by Crippen LogP contribution is -1.95. The predicted octanol–water partition coefficient (Wildman–Crippen LogP) is 2.29. The molecule has 0 spiro atoms. The molecule has 7 nitrogen and oxygen atoms in total. The Hall–Kier alpha value is -3.58. The summed E-state index contributed by atoms with van der Waals surface area (Å²) < 4.78 is 4.69. The molecule has 3 rings (SSSR count). The summed E-state index contributed by atoms with van der Waals surface area (Å²) in [7, 11) is 0. The van der Waals surface area contributed by atoms with Crippen molar-refractivity contribution in [3.8, 4) is 12.1 Å². The first-order chi connectivity index (χ1) is 10.2. The second-order valence-corrected chi connectivity index (χ2v) is 4.27. The van der Waals surface area contributed by atoms with Crippen molar-refractivity contribution >= 4 is 28.1 Å². The van der Waals surface area contributed by atoms with Crippen molar-refractivity contribution < 1.29 is 4.63 Å². The molecule has 0 aliphatic carbocycles. The molecule has 0 aliphatic heterocycles. The molecule has 0 radical (unpaired) electrons. The van der Waals surface area contributed by atoms with Crippen molar-refractivity contribution in [2.75, 3.05) is 11.1 Å². The van der Waals surface area contributed by atoms with Gasteiger partial charge >= 0.3 is 0 Å². The first kappa shape index (κ1) is 12.5. The van der Waals surface area contributed by atoms with Gasteiger partial charge in [0.2, 0.25) is 0 Å². The highest BCUT2D eigenvalue weighted by Crippen LogP contribution is 2.28. The molecule has 0 bridgehead atoms. The minimum absolute atomic E-state index is 0.299. The molecule has 1 aromatic heterocycles. The van der Waals surface area contributed by atoms with E-state index in [2.05, 4.69) is 15.6 Å². The summed E-state index contributed by atoms with van der Waals surface area (Å²) in [5.74, 6) is 0. The van der Waals surface area contributed by atoms with E-state index in [-0.39, 0.29) is 0 Å². The van der Waals surface area contributed by atoms with E-state index in [1.807, 2.05) is 12.1 Å². The SMILES string of the molecule is N#Cc1ccc(Nc2ccc(N)c3nonc23)cc1C#N. The third-order valence-electron chi connectivity index (χ3n) is 2.99. The fraction of sp³-hybridized carbons (Fsp3) is 0. The lowest BCUT2D eigenvalue weighted by atomic mass is 10.1. The Morgan fingerprint density at radius 3 is 2.52 bits per heavy atom. The van der Waals surface area contributed by atoms with E-state index >= 15 is 0 Å². The van der Waals surface area contributed by atoms with Gasteiger partial charge < -0.3 is 11.1 Å². The van der Waals surface area contributed by atoms with Crippen LogP contribution in [0.2, 0.25) is 0 Å². The molecule has 0 unspecified atom stereocenters. The molecule has 0 saturated carbocycles. The topological polar surface area (TPSA) is 125 Å². The average molecular weight is 276 g/mol. The van der Waals surface area contributed by atoms with E-state index in [1.54, 1.807) is 30.3 Å². The van der Waals surface area contributed by atoms with Gasteiger partial charge in [-0.3, -0.25) is 0 Å². The predicted molar refractivity (Wildman–Crippen MR) is 75.4 cm³/mol. The Balaban J connectivity index is 2.04. The van der Waals surface area contributed by atoms with Crippen molar-refractivity contribution in [2.24, 2.45) is 0 Å².